The summed E-state index contributed by atoms with van der Waals surface area (Å²) in [6, 6.07) is 4.93. The van der Waals surface area contributed by atoms with Gasteiger partial charge in [-0.2, -0.15) is 0 Å². The summed E-state index contributed by atoms with van der Waals surface area (Å²) in [6.45, 7) is 0.747. The second-order valence-corrected chi connectivity index (χ2v) is 4.13. The number of hydrogen-bond donors (Lipinski definition) is 2. The first-order valence-corrected chi connectivity index (χ1v) is 5.81. The van der Waals surface area contributed by atoms with Crippen molar-refractivity contribution in [2.75, 3.05) is 33.1 Å². The van der Waals surface area contributed by atoms with Crippen LogP contribution < -0.4 is 11.1 Å². The van der Waals surface area contributed by atoms with Gasteiger partial charge in [-0.3, -0.25) is 4.79 Å². The van der Waals surface area contributed by atoms with Gasteiger partial charge in [-0.25, -0.2) is 0 Å². The number of methoxy groups -OCH3 is 2. The van der Waals surface area contributed by atoms with Gasteiger partial charge in [-0.1, -0.05) is 17.7 Å². The number of nitrogen functional groups attached to an aromatic ring is 1. The molecule has 0 heterocycles. The summed E-state index contributed by atoms with van der Waals surface area (Å²) in [7, 11) is 3.13. The van der Waals surface area contributed by atoms with E-state index in [0.717, 1.165) is 0 Å². The molecule has 1 amide bonds. The fourth-order valence-electron chi connectivity index (χ4n) is 1.43. The van der Waals surface area contributed by atoms with E-state index < -0.39 is 0 Å². The molecule has 0 saturated carbocycles. The first-order valence-electron chi connectivity index (χ1n) is 5.44. The van der Waals surface area contributed by atoms with Crippen LogP contribution in [0.3, 0.4) is 0 Å². The summed E-state index contributed by atoms with van der Waals surface area (Å²) >= 11 is 5.85. The van der Waals surface area contributed by atoms with E-state index in [0.29, 0.717) is 23.7 Å². The number of hydrogen-bond acceptors (Lipinski definition) is 4. The number of benzene rings is 1. The van der Waals surface area contributed by atoms with E-state index in [1.807, 2.05) is 0 Å². The van der Waals surface area contributed by atoms with Crippen molar-refractivity contribution < 1.29 is 14.3 Å². The van der Waals surface area contributed by atoms with E-state index in [9.17, 15) is 4.79 Å². The summed E-state index contributed by atoms with van der Waals surface area (Å²) in [5.74, 6) is -0.284. The van der Waals surface area contributed by atoms with E-state index >= 15 is 0 Å². The molecular formula is C12H17ClN2O3. The van der Waals surface area contributed by atoms with Crippen LogP contribution in [0, 0.1) is 0 Å². The van der Waals surface area contributed by atoms with Crippen molar-refractivity contribution in [2.45, 2.75) is 6.10 Å². The van der Waals surface area contributed by atoms with Crippen LogP contribution in [0.15, 0.2) is 18.2 Å². The minimum Gasteiger partial charge on any atom is -0.397 e. The van der Waals surface area contributed by atoms with Crippen molar-refractivity contribution in [3.63, 3.8) is 0 Å². The highest BCUT2D eigenvalue weighted by molar-refractivity contribution is 6.33. The number of nitrogens with two attached hydrogens (primary N) is 1. The molecule has 0 aromatic heterocycles. The number of amides is 1. The molecule has 3 N–H and O–H groups in total. The van der Waals surface area contributed by atoms with Gasteiger partial charge < -0.3 is 20.5 Å². The van der Waals surface area contributed by atoms with Crippen molar-refractivity contribution >= 4 is 23.2 Å². The maximum Gasteiger partial charge on any atom is 0.253 e. The first-order chi connectivity index (χ1) is 8.60. The third kappa shape index (κ3) is 3.87. The minimum atomic E-state index is -0.284. The van der Waals surface area contributed by atoms with E-state index in [2.05, 4.69) is 5.32 Å². The van der Waals surface area contributed by atoms with Gasteiger partial charge in [0.25, 0.3) is 5.91 Å². The zero-order valence-electron chi connectivity index (χ0n) is 10.4. The number of halogens is 1. The number of carbonyl (C=O) groups is 1. The highest BCUT2D eigenvalue weighted by Gasteiger charge is 2.14. The minimum absolute atomic E-state index is 0.195. The molecule has 1 rings (SSSR count). The average molecular weight is 273 g/mol. The third-order valence-corrected chi connectivity index (χ3v) is 2.80. The lowest BCUT2D eigenvalue weighted by atomic mass is 10.1. The molecule has 1 aromatic carbocycles. The van der Waals surface area contributed by atoms with Gasteiger partial charge in [0.05, 0.1) is 29.0 Å². The molecule has 1 unspecified atom stereocenters. The molecule has 0 aliphatic carbocycles. The van der Waals surface area contributed by atoms with E-state index in [4.69, 9.17) is 26.8 Å². The van der Waals surface area contributed by atoms with Crippen LogP contribution in [0.5, 0.6) is 0 Å². The Morgan fingerprint density at radius 2 is 2.22 bits per heavy atom. The Kier molecular flexibility index (Phi) is 5.91. The topological polar surface area (TPSA) is 73.6 Å². The quantitative estimate of drug-likeness (QED) is 0.766. The summed E-state index contributed by atoms with van der Waals surface area (Å²) in [5, 5.41) is 3.08. The molecule has 6 heteroatoms. The van der Waals surface area contributed by atoms with Gasteiger partial charge in [0.1, 0.15) is 0 Å². The van der Waals surface area contributed by atoms with Crippen LogP contribution in [0.1, 0.15) is 10.4 Å². The predicted octanol–water partition coefficient (Wildman–Crippen LogP) is 1.31. The van der Waals surface area contributed by atoms with Crippen LogP contribution in [0.2, 0.25) is 5.02 Å². The summed E-state index contributed by atoms with van der Waals surface area (Å²) in [6.07, 6.45) is -0.195. The van der Waals surface area contributed by atoms with Gasteiger partial charge in [0, 0.05) is 20.8 Å². The molecule has 0 fully saturated rings. The van der Waals surface area contributed by atoms with Crippen LogP contribution in [0.25, 0.3) is 0 Å². The third-order valence-electron chi connectivity index (χ3n) is 2.47. The molecule has 0 aliphatic rings. The number of ether oxygens (including phenoxy) is 2. The van der Waals surface area contributed by atoms with Gasteiger partial charge >= 0.3 is 0 Å². The molecule has 0 bridgehead atoms. The van der Waals surface area contributed by atoms with Gasteiger partial charge in [0.2, 0.25) is 0 Å². The SMILES string of the molecule is COCC(CNC(=O)c1cccc(Cl)c1N)OC. The smallest absolute Gasteiger partial charge is 0.253 e. The highest BCUT2D eigenvalue weighted by Crippen LogP contribution is 2.22. The number of carbonyl (C=O) groups excluding carboxylic acids is 1. The molecule has 100 valence electrons. The average Bonchev–Trinajstić information content (AvgIpc) is 2.37. The number of rotatable bonds is 6. The summed E-state index contributed by atoms with van der Waals surface area (Å²) in [4.78, 5) is 11.9. The van der Waals surface area contributed by atoms with Crippen LogP contribution in [-0.2, 0) is 9.47 Å². The zero-order valence-corrected chi connectivity index (χ0v) is 11.2. The molecule has 1 aromatic rings. The van der Waals surface area contributed by atoms with Crippen LogP contribution in [-0.4, -0.2) is 39.4 Å². The van der Waals surface area contributed by atoms with Crippen molar-refractivity contribution in [3.8, 4) is 0 Å². The Labute approximate surface area is 111 Å². The Balaban J connectivity index is 2.62. The van der Waals surface area contributed by atoms with Crippen molar-refractivity contribution in [1.82, 2.24) is 5.32 Å². The summed E-state index contributed by atoms with van der Waals surface area (Å²) in [5.41, 5.74) is 6.36. The molecule has 1 atom stereocenters. The number of anilines is 1. The van der Waals surface area contributed by atoms with Gasteiger partial charge in [-0.05, 0) is 12.1 Å². The Bertz CT molecular complexity index is 412. The Morgan fingerprint density at radius 1 is 1.50 bits per heavy atom. The molecule has 5 nitrogen and oxygen atoms in total. The maximum atomic E-state index is 11.9. The first kappa shape index (κ1) is 14.8. The lowest BCUT2D eigenvalue weighted by Gasteiger charge is -2.15. The number of para-hydroxylation sites is 1. The molecule has 0 radical (unpaired) electrons. The fourth-order valence-corrected chi connectivity index (χ4v) is 1.61. The van der Waals surface area contributed by atoms with E-state index in [-0.39, 0.29) is 17.7 Å². The predicted molar refractivity (Wildman–Crippen MR) is 70.9 cm³/mol. The monoisotopic (exact) mass is 272 g/mol. The van der Waals surface area contributed by atoms with Crippen LogP contribution >= 0.6 is 11.6 Å². The summed E-state index contributed by atoms with van der Waals surface area (Å²) < 4.78 is 10.1. The van der Waals surface area contributed by atoms with Crippen LogP contribution in [0.4, 0.5) is 5.69 Å². The fraction of sp³-hybridized carbons (Fsp3) is 0.417. The second kappa shape index (κ2) is 7.20. The molecule has 0 saturated heterocycles. The number of nitrogens with one attached hydrogen (secondary N) is 1. The molecular weight excluding hydrogens is 256 g/mol. The Morgan fingerprint density at radius 3 is 2.83 bits per heavy atom. The largest absolute Gasteiger partial charge is 0.397 e. The molecule has 18 heavy (non-hydrogen) atoms. The van der Waals surface area contributed by atoms with Crippen molar-refractivity contribution in [1.29, 1.82) is 0 Å². The lowest BCUT2D eigenvalue weighted by Crippen LogP contribution is -2.35. The zero-order chi connectivity index (χ0) is 13.5. The Hall–Kier alpha value is -1.30. The van der Waals surface area contributed by atoms with E-state index in [1.165, 1.54) is 0 Å². The van der Waals surface area contributed by atoms with E-state index in [1.54, 1.807) is 32.4 Å². The lowest BCUT2D eigenvalue weighted by molar-refractivity contribution is 0.0285. The van der Waals surface area contributed by atoms with Crippen molar-refractivity contribution in [2.24, 2.45) is 0 Å². The normalized spacial score (nSPS) is 12.2. The maximum absolute atomic E-state index is 11.9. The molecule has 0 aliphatic heterocycles. The highest BCUT2D eigenvalue weighted by atomic mass is 35.5. The second-order valence-electron chi connectivity index (χ2n) is 3.72. The molecule has 0 spiro atoms. The standard InChI is InChI=1S/C12H17ClN2O3/c1-17-7-8(18-2)6-15-12(16)9-4-3-5-10(13)11(9)14/h3-5,8H,6-7,14H2,1-2H3,(H,15,16). The van der Waals surface area contributed by atoms with Gasteiger partial charge in [-0.15, -0.1) is 0 Å². The van der Waals surface area contributed by atoms with Crippen molar-refractivity contribution in [3.05, 3.63) is 28.8 Å². The van der Waals surface area contributed by atoms with Gasteiger partial charge in [0.15, 0.2) is 0 Å².